The van der Waals surface area contributed by atoms with E-state index in [0.717, 1.165) is 31.5 Å². The number of hydrogen-bond donors (Lipinski definition) is 1. The Balaban J connectivity index is 1.79. The molecule has 1 aliphatic rings. The molecule has 0 aliphatic carbocycles. The molecule has 0 spiro atoms. The van der Waals surface area contributed by atoms with E-state index in [0.29, 0.717) is 34.8 Å². The largest absolute Gasteiger partial charge is 0.419 e. The molecule has 6 nitrogen and oxygen atoms in total. The lowest BCUT2D eigenvalue weighted by Gasteiger charge is -2.35. The Morgan fingerprint density at radius 2 is 1.84 bits per heavy atom. The molecule has 1 aromatic carbocycles. The van der Waals surface area contributed by atoms with Crippen LogP contribution in [-0.4, -0.2) is 38.6 Å². The van der Waals surface area contributed by atoms with Gasteiger partial charge in [-0.15, -0.1) is 0 Å². The highest BCUT2D eigenvalue weighted by Gasteiger charge is 2.36. The number of fused-ring (bicyclic) bond motifs is 1. The number of nitrogens with one attached hydrogen (secondary N) is 1. The van der Waals surface area contributed by atoms with Crippen molar-refractivity contribution in [3.05, 3.63) is 62.4 Å². The molecule has 1 aliphatic heterocycles. The van der Waals surface area contributed by atoms with E-state index in [1.807, 2.05) is 6.07 Å². The average molecular weight is 554 g/mol. The minimum atomic E-state index is -4.83. The summed E-state index contributed by atoms with van der Waals surface area (Å²) in [7, 11) is 0. The van der Waals surface area contributed by atoms with Gasteiger partial charge in [-0.25, -0.2) is 14.2 Å². The zero-order chi connectivity index (χ0) is 27.8. The van der Waals surface area contributed by atoms with Gasteiger partial charge in [0, 0.05) is 18.2 Å². The van der Waals surface area contributed by atoms with Gasteiger partial charge in [0.25, 0.3) is 0 Å². The van der Waals surface area contributed by atoms with Crippen LogP contribution in [0.25, 0.3) is 11.0 Å². The quantitative estimate of drug-likeness (QED) is 0.258. The van der Waals surface area contributed by atoms with Gasteiger partial charge in [0.2, 0.25) is 0 Å². The van der Waals surface area contributed by atoms with E-state index in [2.05, 4.69) is 34.0 Å². The van der Waals surface area contributed by atoms with Crippen LogP contribution in [-0.2, 0) is 12.7 Å². The molecule has 1 fully saturated rings. The lowest BCUT2D eigenvalue weighted by atomic mass is 9.89. The van der Waals surface area contributed by atoms with Crippen molar-refractivity contribution in [3.8, 4) is 0 Å². The van der Waals surface area contributed by atoms with Crippen LogP contribution < -0.4 is 11.0 Å². The highest BCUT2D eigenvalue weighted by Crippen LogP contribution is 2.38. The number of nitrogens with zero attached hydrogens (tertiary/aromatic N) is 4. The first-order chi connectivity index (χ1) is 18.0. The van der Waals surface area contributed by atoms with Crippen LogP contribution in [0, 0.1) is 5.82 Å². The zero-order valence-electron chi connectivity index (χ0n) is 21.9. The predicted molar refractivity (Wildman–Crippen MR) is 141 cm³/mol. The molecule has 0 radical (unpaired) electrons. The fraction of sp³-hybridized carbons (Fsp3) is 0.519. The maximum absolute atomic E-state index is 15.0. The van der Waals surface area contributed by atoms with Gasteiger partial charge in [0.1, 0.15) is 22.4 Å². The van der Waals surface area contributed by atoms with E-state index in [1.54, 1.807) is 13.8 Å². The highest BCUT2D eigenvalue weighted by atomic mass is 35.5. The third-order valence-corrected chi connectivity index (χ3v) is 7.68. The second-order valence-electron chi connectivity index (χ2n) is 9.94. The van der Waals surface area contributed by atoms with E-state index in [9.17, 15) is 22.4 Å². The van der Waals surface area contributed by atoms with Crippen molar-refractivity contribution in [2.24, 2.45) is 0 Å². The number of piperidine rings is 1. The number of rotatable bonds is 7. The minimum Gasteiger partial charge on any atom is -0.362 e. The van der Waals surface area contributed by atoms with Gasteiger partial charge in [0.05, 0.1) is 17.0 Å². The van der Waals surface area contributed by atoms with Crippen molar-refractivity contribution < 1.29 is 17.6 Å². The fourth-order valence-corrected chi connectivity index (χ4v) is 5.48. The normalized spacial score (nSPS) is 16.4. The molecular formula is C27H32ClF4N5O. The van der Waals surface area contributed by atoms with Crippen molar-refractivity contribution in [1.29, 1.82) is 0 Å². The molecule has 11 heteroatoms. The molecule has 0 amide bonds. The first-order valence-corrected chi connectivity index (χ1v) is 13.3. The van der Waals surface area contributed by atoms with E-state index >= 15 is 0 Å². The molecule has 0 unspecified atom stereocenters. The van der Waals surface area contributed by atoms with Crippen LogP contribution in [0.4, 0.5) is 23.4 Å². The number of benzene rings is 1. The monoisotopic (exact) mass is 553 g/mol. The van der Waals surface area contributed by atoms with Gasteiger partial charge < -0.3 is 10.2 Å². The number of anilines is 1. The van der Waals surface area contributed by atoms with Crippen molar-refractivity contribution in [3.63, 3.8) is 0 Å². The highest BCUT2D eigenvalue weighted by molar-refractivity contribution is 6.30. The molecule has 0 saturated carbocycles. The number of hydrogen-bond acceptors (Lipinski definition) is 5. The Bertz CT molecular complexity index is 1370. The summed E-state index contributed by atoms with van der Waals surface area (Å²) < 4.78 is 56.4. The summed E-state index contributed by atoms with van der Waals surface area (Å²) in [6.07, 6.45) is -2.80. The van der Waals surface area contributed by atoms with Crippen molar-refractivity contribution in [1.82, 2.24) is 19.4 Å². The predicted octanol–water partition coefficient (Wildman–Crippen LogP) is 6.77. The van der Waals surface area contributed by atoms with Crippen LogP contribution in [0.5, 0.6) is 0 Å². The minimum absolute atomic E-state index is 0.142. The maximum atomic E-state index is 15.0. The Kier molecular flexibility index (Phi) is 8.32. The first-order valence-electron chi connectivity index (χ1n) is 12.9. The summed E-state index contributed by atoms with van der Waals surface area (Å²) >= 11 is 6.64. The van der Waals surface area contributed by atoms with Crippen molar-refractivity contribution in [2.75, 3.05) is 18.4 Å². The molecule has 4 rings (SSSR count). The second kappa shape index (κ2) is 11.2. The molecule has 0 bridgehead atoms. The van der Waals surface area contributed by atoms with Gasteiger partial charge in [-0.05, 0) is 76.7 Å². The number of halogens is 5. The third-order valence-electron chi connectivity index (χ3n) is 7.38. The van der Waals surface area contributed by atoms with Gasteiger partial charge in [-0.1, -0.05) is 30.7 Å². The second-order valence-corrected chi connectivity index (χ2v) is 10.3. The lowest BCUT2D eigenvalue weighted by Crippen LogP contribution is -2.37. The van der Waals surface area contributed by atoms with E-state index in [-0.39, 0.29) is 23.7 Å². The molecule has 2 aromatic heterocycles. The van der Waals surface area contributed by atoms with Crippen LogP contribution in [0.3, 0.4) is 0 Å². The SMILES string of the molecule is CC[C@@H](Nc1nc(=O)n(CC)c2nc(Cl)c(C3CCN(C(C)C)CC3)cc12)c1cccc(C(F)(F)F)c1F. The molecule has 38 heavy (non-hydrogen) atoms. The maximum Gasteiger partial charge on any atom is 0.419 e. The summed E-state index contributed by atoms with van der Waals surface area (Å²) in [6.45, 7) is 9.97. The molecular weight excluding hydrogens is 522 g/mol. The molecule has 3 aromatic rings. The number of likely N-dealkylation sites (tertiary alicyclic amines) is 1. The van der Waals surface area contributed by atoms with Crippen LogP contribution >= 0.6 is 11.6 Å². The number of alkyl halides is 3. The van der Waals surface area contributed by atoms with Gasteiger partial charge >= 0.3 is 11.9 Å². The van der Waals surface area contributed by atoms with Gasteiger partial charge in [0.15, 0.2) is 0 Å². The summed E-state index contributed by atoms with van der Waals surface area (Å²) in [6, 6.07) is 4.65. The standard InChI is InChI=1S/C27H32ClF4N5O/c1-5-21(17-8-7-9-20(22(17)29)27(30,31)32)33-24-19-14-18(16-10-12-36(13-11-16)15(3)4)23(28)34-25(19)37(6-2)26(38)35-24/h7-9,14-16,21H,5-6,10-13H2,1-4H3,(H,33,35,38)/t21-/m1/s1. The van der Waals surface area contributed by atoms with Gasteiger partial charge in [-0.3, -0.25) is 4.57 Å². The Morgan fingerprint density at radius 1 is 1.16 bits per heavy atom. The Morgan fingerprint density at radius 3 is 2.42 bits per heavy atom. The lowest BCUT2D eigenvalue weighted by molar-refractivity contribution is -0.140. The molecule has 206 valence electrons. The van der Waals surface area contributed by atoms with Crippen LogP contribution in [0.15, 0.2) is 29.1 Å². The Labute approximate surface area is 224 Å². The fourth-order valence-electron chi connectivity index (χ4n) is 5.20. The number of aromatic nitrogens is 3. The van der Waals surface area contributed by atoms with E-state index in [4.69, 9.17) is 11.6 Å². The summed E-state index contributed by atoms with van der Waals surface area (Å²) in [4.78, 5) is 24.0. The molecule has 3 heterocycles. The topological polar surface area (TPSA) is 63.1 Å². The number of pyridine rings is 1. The zero-order valence-corrected chi connectivity index (χ0v) is 22.6. The van der Waals surface area contributed by atoms with Crippen molar-refractivity contribution >= 4 is 28.5 Å². The summed E-state index contributed by atoms with van der Waals surface area (Å²) in [5, 5.41) is 3.88. The van der Waals surface area contributed by atoms with Gasteiger partial charge in [-0.2, -0.15) is 18.2 Å². The van der Waals surface area contributed by atoms with Crippen LogP contribution in [0.2, 0.25) is 5.15 Å². The number of aryl methyl sites for hydroxylation is 1. The Hall–Kier alpha value is -2.72. The first kappa shape index (κ1) is 28.3. The summed E-state index contributed by atoms with van der Waals surface area (Å²) in [5.74, 6) is -1.04. The van der Waals surface area contributed by atoms with Crippen molar-refractivity contribution in [2.45, 2.75) is 77.7 Å². The molecule has 1 N–H and O–H groups in total. The smallest absolute Gasteiger partial charge is 0.362 e. The summed E-state index contributed by atoms with van der Waals surface area (Å²) in [5.41, 5.74) is -0.906. The molecule has 1 saturated heterocycles. The van der Waals surface area contributed by atoms with E-state index < -0.39 is 29.3 Å². The third kappa shape index (κ3) is 5.52. The molecule has 1 atom stereocenters. The van der Waals surface area contributed by atoms with Crippen LogP contribution in [0.1, 0.15) is 75.6 Å². The average Bonchev–Trinajstić information content (AvgIpc) is 2.86. The van der Waals surface area contributed by atoms with E-state index in [1.165, 1.54) is 16.7 Å².